The third-order valence-corrected chi connectivity index (χ3v) is 5.72. The molecule has 1 saturated heterocycles. The Labute approximate surface area is 168 Å². The number of nitrogens with one attached hydrogen (secondary N) is 2. The fraction of sp³-hybridized carbons (Fsp3) is 0.529. The van der Waals surface area contributed by atoms with Gasteiger partial charge in [-0.3, -0.25) is 19.8 Å². The van der Waals surface area contributed by atoms with E-state index in [-0.39, 0.29) is 23.5 Å². The molecule has 160 valence electrons. The van der Waals surface area contributed by atoms with Gasteiger partial charge < -0.3 is 10.1 Å². The molecule has 0 unspecified atom stereocenters. The van der Waals surface area contributed by atoms with E-state index < -0.39 is 38.8 Å². The molecule has 12 heteroatoms. The summed E-state index contributed by atoms with van der Waals surface area (Å²) < 4.78 is 33.1. The number of carbonyl (C=O) groups is 2. The quantitative estimate of drug-likeness (QED) is 0.394. The molecule has 1 fully saturated rings. The van der Waals surface area contributed by atoms with Crippen molar-refractivity contribution in [3.63, 3.8) is 0 Å². The number of sulfonamides is 1. The molecule has 0 radical (unpaired) electrons. The second-order valence-corrected chi connectivity index (χ2v) is 9.41. The van der Waals surface area contributed by atoms with E-state index in [2.05, 4.69) is 10.0 Å². The zero-order valence-electron chi connectivity index (χ0n) is 16.5. The Hall–Kier alpha value is -2.73. The SMILES string of the molecule is Cc1ccc(S(=O)(=O)N[C@@H]2C[C@@H](NC=O)N(C(=O)OC(C)(C)C)C2)cc1[N+](=O)[O-]. The highest BCUT2D eigenvalue weighted by atomic mass is 32.2. The summed E-state index contributed by atoms with van der Waals surface area (Å²) in [5.74, 6) is 0. The maximum absolute atomic E-state index is 12.7. The molecule has 11 nitrogen and oxygen atoms in total. The number of aryl methyl sites for hydroxylation is 1. The van der Waals surface area contributed by atoms with Crippen LogP contribution in [0.5, 0.6) is 0 Å². The van der Waals surface area contributed by atoms with Crippen LogP contribution in [0.25, 0.3) is 0 Å². The summed E-state index contributed by atoms with van der Waals surface area (Å²) >= 11 is 0. The molecule has 0 aliphatic carbocycles. The number of likely N-dealkylation sites (tertiary alicyclic amines) is 1. The van der Waals surface area contributed by atoms with Gasteiger partial charge in [-0.2, -0.15) is 0 Å². The molecule has 1 aliphatic heterocycles. The molecule has 2 rings (SSSR count). The van der Waals surface area contributed by atoms with Gasteiger partial charge >= 0.3 is 6.09 Å². The van der Waals surface area contributed by atoms with E-state index in [1.165, 1.54) is 24.0 Å². The standard InChI is InChI=1S/C17H24N4O7S/c1-11-5-6-13(8-14(11)21(24)25)29(26,27)19-12-7-15(18-10-22)20(9-12)16(23)28-17(2,3)4/h5-6,8,10,12,15,19H,7,9H2,1-4H3,(H,18,22)/t12-,15+/m1/s1. The first-order valence-corrected chi connectivity index (χ1v) is 10.3. The van der Waals surface area contributed by atoms with E-state index in [0.717, 1.165) is 6.07 Å². The van der Waals surface area contributed by atoms with Gasteiger partial charge in [-0.15, -0.1) is 0 Å². The predicted octanol–water partition coefficient (Wildman–Crippen LogP) is 1.26. The van der Waals surface area contributed by atoms with Crippen molar-refractivity contribution in [1.82, 2.24) is 14.9 Å². The number of hydrogen-bond donors (Lipinski definition) is 2. The highest BCUT2D eigenvalue weighted by molar-refractivity contribution is 7.89. The number of rotatable bonds is 6. The first-order chi connectivity index (χ1) is 13.3. The Kier molecular flexibility index (Phi) is 6.48. The van der Waals surface area contributed by atoms with E-state index in [1.807, 2.05) is 0 Å². The molecule has 0 aromatic heterocycles. The number of benzene rings is 1. The molecule has 2 atom stereocenters. The third kappa shape index (κ3) is 5.64. The molecule has 0 saturated carbocycles. The van der Waals surface area contributed by atoms with E-state index in [1.54, 1.807) is 20.8 Å². The minimum Gasteiger partial charge on any atom is -0.444 e. The Morgan fingerprint density at radius 3 is 2.59 bits per heavy atom. The van der Waals surface area contributed by atoms with E-state index >= 15 is 0 Å². The summed E-state index contributed by atoms with van der Waals surface area (Å²) in [6, 6.07) is 2.89. The second kappa shape index (κ2) is 8.33. The predicted molar refractivity (Wildman–Crippen MR) is 102 cm³/mol. The van der Waals surface area contributed by atoms with Gasteiger partial charge in [0.05, 0.1) is 9.82 Å². The van der Waals surface area contributed by atoms with E-state index in [4.69, 9.17) is 4.74 Å². The van der Waals surface area contributed by atoms with Crippen LogP contribution in [0.1, 0.15) is 32.8 Å². The number of ether oxygens (including phenoxy) is 1. The van der Waals surface area contributed by atoms with Gasteiger partial charge in [0.1, 0.15) is 11.8 Å². The van der Waals surface area contributed by atoms with Gasteiger partial charge in [0.2, 0.25) is 16.4 Å². The number of nitro groups is 1. The van der Waals surface area contributed by atoms with Crippen molar-refractivity contribution in [2.45, 2.75) is 56.8 Å². The van der Waals surface area contributed by atoms with Crippen LogP contribution in [-0.2, 0) is 19.6 Å². The van der Waals surface area contributed by atoms with Gasteiger partial charge in [-0.05, 0) is 33.8 Å². The summed E-state index contributed by atoms with van der Waals surface area (Å²) in [7, 11) is -4.09. The number of hydrogen-bond acceptors (Lipinski definition) is 7. The Bertz CT molecular complexity index is 911. The largest absolute Gasteiger partial charge is 0.444 e. The minimum absolute atomic E-state index is 0.0341. The Balaban J connectivity index is 2.20. The highest BCUT2D eigenvalue weighted by Gasteiger charge is 2.39. The fourth-order valence-electron chi connectivity index (χ4n) is 2.92. The van der Waals surface area contributed by atoms with Gasteiger partial charge in [0, 0.05) is 30.6 Å². The smallest absolute Gasteiger partial charge is 0.411 e. The van der Waals surface area contributed by atoms with Crippen molar-refractivity contribution in [3.8, 4) is 0 Å². The monoisotopic (exact) mass is 428 g/mol. The molecule has 1 aliphatic rings. The summed E-state index contributed by atoms with van der Waals surface area (Å²) in [5, 5.41) is 13.6. The lowest BCUT2D eigenvalue weighted by Crippen LogP contribution is -2.46. The fourth-order valence-corrected chi connectivity index (χ4v) is 4.18. The molecule has 1 aromatic carbocycles. The lowest BCUT2D eigenvalue weighted by molar-refractivity contribution is -0.385. The van der Waals surface area contributed by atoms with Crippen LogP contribution >= 0.6 is 0 Å². The van der Waals surface area contributed by atoms with Gasteiger partial charge in [-0.25, -0.2) is 17.9 Å². The van der Waals surface area contributed by atoms with Crippen LogP contribution in [-0.4, -0.2) is 55.1 Å². The molecular formula is C17H24N4O7S. The van der Waals surface area contributed by atoms with Crippen LogP contribution < -0.4 is 10.0 Å². The van der Waals surface area contributed by atoms with Crippen LogP contribution in [0, 0.1) is 17.0 Å². The first-order valence-electron chi connectivity index (χ1n) is 8.81. The summed E-state index contributed by atoms with van der Waals surface area (Å²) in [4.78, 5) is 34.6. The van der Waals surface area contributed by atoms with Gasteiger partial charge in [0.25, 0.3) is 5.69 Å². The highest BCUT2D eigenvalue weighted by Crippen LogP contribution is 2.24. The molecule has 29 heavy (non-hydrogen) atoms. The lowest BCUT2D eigenvalue weighted by atomic mass is 10.2. The van der Waals surface area contributed by atoms with E-state index in [9.17, 15) is 28.1 Å². The van der Waals surface area contributed by atoms with Crippen LogP contribution in [0.4, 0.5) is 10.5 Å². The summed E-state index contributed by atoms with van der Waals surface area (Å²) in [6.07, 6.45) is -0.903. The van der Waals surface area contributed by atoms with Crippen molar-refractivity contribution in [2.75, 3.05) is 6.54 Å². The van der Waals surface area contributed by atoms with Crippen LogP contribution in [0.15, 0.2) is 23.1 Å². The molecule has 0 spiro atoms. The average Bonchev–Trinajstić information content (AvgIpc) is 2.95. The number of nitro benzene ring substituents is 1. The summed E-state index contributed by atoms with van der Waals surface area (Å²) in [6.45, 7) is 6.54. The van der Waals surface area contributed by atoms with Gasteiger partial charge in [-0.1, -0.05) is 6.07 Å². The molecule has 1 heterocycles. The summed E-state index contributed by atoms with van der Waals surface area (Å²) in [5.41, 5.74) is -0.738. The van der Waals surface area contributed by atoms with Crippen LogP contribution in [0.2, 0.25) is 0 Å². The normalized spacial score (nSPS) is 19.7. The van der Waals surface area contributed by atoms with Crippen molar-refractivity contribution in [3.05, 3.63) is 33.9 Å². The van der Waals surface area contributed by atoms with Crippen molar-refractivity contribution in [1.29, 1.82) is 0 Å². The van der Waals surface area contributed by atoms with Crippen molar-refractivity contribution >= 4 is 28.2 Å². The topological polar surface area (TPSA) is 148 Å². The first kappa shape index (κ1) is 22.6. The number of amides is 2. The molecular weight excluding hydrogens is 404 g/mol. The molecule has 1 aromatic rings. The molecule has 0 bridgehead atoms. The number of carbonyl (C=O) groups excluding carboxylic acids is 2. The Morgan fingerprint density at radius 1 is 1.38 bits per heavy atom. The van der Waals surface area contributed by atoms with Gasteiger partial charge in [0.15, 0.2) is 0 Å². The maximum Gasteiger partial charge on any atom is 0.411 e. The van der Waals surface area contributed by atoms with Crippen LogP contribution in [0.3, 0.4) is 0 Å². The third-order valence-electron chi connectivity index (χ3n) is 4.20. The maximum atomic E-state index is 12.7. The average molecular weight is 428 g/mol. The minimum atomic E-state index is -4.09. The van der Waals surface area contributed by atoms with Crippen molar-refractivity contribution < 1.29 is 27.7 Å². The lowest BCUT2D eigenvalue weighted by Gasteiger charge is -2.28. The zero-order chi connectivity index (χ0) is 22.0. The number of nitrogens with zero attached hydrogens (tertiary/aromatic N) is 2. The van der Waals surface area contributed by atoms with E-state index in [0.29, 0.717) is 12.0 Å². The Morgan fingerprint density at radius 2 is 2.03 bits per heavy atom. The second-order valence-electron chi connectivity index (χ2n) is 7.69. The van der Waals surface area contributed by atoms with Crippen molar-refractivity contribution in [2.24, 2.45) is 0 Å². The molecule has 2 N–H and O–H groups in total. The molecule has 2 amide bonds. The zero-order valence-corrected chi connectivity index (χ0v) is 17.4.